The summed E-state index contributed by atoms with van der Waals surface area (Å²) >= 11 is 3.31. The van der Waals surface area contributed by atoms with Crippen LogP contribution in [0.5, 0.6) is 0 Å². The second-order valence-corrected chi connectivity index (χ2v) is 8.18. The van der Waals surface area contributed by atoms with Gasteiger partial charge in [-0.2, -0.15) is 0 Å². The van der Waals surface area contributed by atoms with Gasteiger partial charge in [0, 0.05) is 43.2 Å². The molecule has 0 radical (unpaired) electrons. The van der Waals surface area contributed by atoms with Crippen LogP contribution in [0.4, 0.5) is 0 Å². The SMILES string of the molecule is C[C@@H](CNS(=O)(=O)c1ccc(Br)cc1)N1CCN(C)CC1. The van der Waals surface area contributed by atoms with E-state index in [-0.39, 0.29) is 6.04 Å². The summed E-state index contributed by atoms with van der Waals surface area (Å²) in [5, 5.41) is 0. The van der Waals surface area contributed by atoms with Gasteiger partial charge in [0.2, 0.25) is 10.0 Å². The van der Waals surface area contributed by atoms with E-state index < -0.39 is 10.0 Å². The number of hydrogen-bond acceptors (Lipinski definition) is 4. The molecule has 1 aliphatic heterocycles. The molecular formula is C14H22BrN3O2S. The molecule has 7 heteroatoms. The van der Waals surface area contributed by atoms with Crippen LogP contribution >= 0.6 is 15.9 Å². The fraction of sp³-hybridized carbons (Fsp3) is 0.571. The van der Waals surface area contributed by atoms with Crippen molar-refractivity contribution in [2.24, 2.45) is 0 Å². The van der Waals surface area contributed by atoms with Crippen molar-refractivity contribution >= 4 is 26.0 Å². The standard InChI is InChI=1S/C14H22BrN3O2S/c1-12(18-9-7-17(2)8-10-18)11-16-21(19,20)14-5-3-13(15)4-6-14/h3-6,12,16H,7-11H2,1-2H3/t12-/m0/s1. The number of rotatable bonds is 5. The van der Waals surface area contributed by atoms with Gasteiger partial charge in [0.25, 0.3) is 0 Å². The number of halogens is 1. The Morgan fingerprint density at radius 3 is 2.33 bits per heavy atom. The minimum atomic E-state index is -3.43. The van der Waals surface area contributed by atoms with Crippen LogP contribution in [0.2, 0.25) is 0 Å². The van der Waals surface area contributed by atoms with E-state index in [1.54, 1.807) is 24.3 Å². The third-order valence-corrected chi connectivity index (χ3v) is 5.82. The van der Waals surface area contributed by atoms with Crippen molar-refractivity contribution in [3.8, 4) is 0 Å². The third kappa shape index (κ3) is 4.75. The molecule has 1 aromatic carbocycles. The number of piperazine rings is 1. The van der Waals surface area contributed by atoms with Gasteiger partial charge in [0.05, 0.1) is 4.90 Å². The number of hydrogen-bond donors (Lipinski definition) is 1. The highest BCUT2D eigenvalue weighted by molar-refractivity contribution is 9.10. The second-order valence-electron chi connectivity index (χ2n) is 5.49. The first-order valence-electron chi connectivity index (χ1n) is 7.06. The Morgan fingerprint density at radius 2 is 1.76 bits per heavy atom. The molecule has 0 unspecified atom stereocenters. The molecule has 0 bridgehead atoms. The van der Waals surface area contributed by atoms with Gasteiger partial charge in [0.1, 0.15) is 0 Å². The second kappa shape index (κ2) is 7.19. The van der Waals surface area contributed by atoms with Crippen LogP contribution in [0.3, 0.4) is 0 Å². The largest absolute Gasteiger partial charge is 0.304 e. The van der Waals surface area contributed by atoms with E-state index in [4.69, 9.17) is 0 Å². The fourth-order valence-corrected chi connectivity index (χ4v) is 3.71. The molecule has 0 saturated carbocycles. The maximum atomic E-state index is 12.2. The summed E-state index contributed by atoms with van der Waals surface area (Å²) in [5.74, 6) is 0. The molecule has 21 heavy (non-hydrogen) atoms. The fourth-order valence-electron chi connectivity index (χ4n) is 2.32. The quantitative estimate of drug-likeness (QED) is 0.844. The van der Waals surface area contributed by atoms with Crippen LogP contribution in [0.1, 0.15) is 6.92 Å². The zero-order valence-corrected chi connectivity index (χ0v) is 14.8. The molecule has 1 fully saturated rings. The van der Waals surface area contributed by atoms with Crippen LogP contribution in [0.25, 0.3) is 0 Å². The molecule has 1 aliphatic rings. The van der Waals surface area contributed by atoms with Crippen LogP contribution in [-0.2, 0) is 10.0 Å². The predicted octanol–water partition coefficient (Wildman–Crippen LogP) is 1.36. The summed E-state index contributed by atoms with van der Waals surface area (Å²) < 4.78 is 28.0. The highest BCUT2D eigenvalue weighted by atomic mass is 79.9. The average molecular weight is 376 g/mol. The Labute approximate surface area is 135 Å². The monoisotopic (exact) mass is 375 g/mol. The van der Waals surface area contributed by atoms with Gasteiger partial charge in [-0.1, -0.05) is 15.9 Å². The zero-order chi connectivity index (χ0) is 15.5. The summed E-state index contributed by atoms with van der Waals surface area (Å²) in [7, 11) is -1.32. The molecule has 5 nitrogen and oxygen atoms in total. The normalized spacial score (nSPS) is 19.6. The smallest absolute Gasteiger partial charge is 0.240 e. The van der Waals surface area contributed by atoms with Crippen LogP contribution < -0.4 is 4.72 Å². The molecule has 0 aliphatic carbocycles. The lowest BCUT2D eigenvalue weighted by Crippen LogP contribution is -2.51. The molecule has 1 saturated heterocycles. The summed E-state index contributed by atoms with van der Waals surface area (Å²) in [6.07, 6.45) is 0. The molecule has 1 aromatic rings. The molecule has 1 N–H and O–H groups in total. The average Bonchev–Trinajstić information content (AvgIpc) is 2.46. The summed E-state index contributed by atoms with van der Waals surface area (Å²) in [5.41, 5.74) is 0. The van der Waals surface area contributed by atoms with Gasteiger partial charge in [0.15, 0.2) is 0 Å². The number of sulfonamides is 1. The maximum absolute atomic E-state index is 12.2. The first-order valence-corrected chi connectivity index (χ1v) is 9.34. The molecular weight excluding hydrogens is 354 g/mol. The van der Waals surface area contributed by atoms with E-state index in [1.165, 1.54) is 0 Å². The van der Waals surface area contributed by atoms with Crippen LogP contribution in [0.15, 0.2) is 33.6 Å². The van der Waals surface area contributed by atoms with Crippen LogP contribution in [0, 0.1) is 0 Å². The summed E-state index contributed by atoms with van der Waals surface area (Å²) in [6.45, 7) is 6.53. The van der Waals surface area contributed by atoms with Gasteiger partial charge >= 0.3 is 0 Å². The lowest BCUT2D eigenvalue weighted by atomic mass is 10.2. The number of likely N-dealkylation sites (N-methyl/N-ethyl adjacent to an activating group) is 1. The van der Waals surface area contributed by atoms with Gasteiger partial charge in [-0.05, 0) is 38.2 Å². The Morgan fingerprint density at radius 1 is 1.19 bits per heavy atom. The van der Waals surface area contributed by atoms with E-state index in [9.17, 15) is 8.42 Å². The molecule has 1 heterocycles. The lowest BCUT2D eigenvalue weighted by molar-refractivity contribution is 0.120. The third-order valence-electron chi connectivity index (χ3n) is 3.85. The molecule has 0 amide bonds. The van der Waals surface area contributed by atoms with Gasteiger partial charge in [-0.3, -0.25) is 4.90 Å². The Hall–Kier alpha value is -0.470. The predicted molar refractivity (Wildman–Crippen MR) is 87.9 cm³/mol. The topological polar surface area (TPSA) is 52.7 Å². The first kappa shape index (κ1) is 16.9. The van der Waals surface area contributed by atoms with Crippen molar-refractivity contribution in [1.29, 1.82) is 0 Å². The Kier molecular flexibility index (Phi) is 5.79. The highest BCUT2D eigenvalue weighted by Crippen LogP contribution is 2.14. The van der Waals surface area contributed by atoms with Crippen molar-refractivity contribution in [1.82, 2.24) is 14.5 Å². The number of benzene rings is 1. The molecule has 118 valence electrons. The van der Waals surface area contributed by atoms with Crippen molar-refractivity contribution in [3.05, 3.63) is 28.7 Å². The van der Waals surface area contributed by atoms with Gasteiger partial charge < -0.3 is 4.90 Å². The van der Waals surface area contributed by atoms with E-state index in [2.05, 4.69) is 44.4 Å². The van der Waals surface area contributed by atoms with Crippen molar-refractivity contribution in [2.75, 3.05) is 39.8 Å². The Balaban J connectivity index is 1.90. The Bertz CT molecular complexity index is 554. The first-order chi connectivity index (χ1) is 9.88. The van der Waals surface area contributed by atoms with Crippen molar-refractivity contribution < 1.29 is 8.42 Å². The molecule has 2 rings (SSSR count). The van der Waals surface area contributed by atoms with Crippen LogP contribution in [-0.4, -0.2) is 64.0 Å². The van der Waals surface area contributed by atoms with E-state index in [0.29, 0.717) is 11.4 Å². The summed E-state index contributed by atoms with van der Waals surface area (Å²) in [4.78, 5) is 4.91. The van der Waals surface area contributed by atoms with Gasteiger partial charge in [-0.15, -0.1) is 0 Å². The van der Waals surface area contributed by atoms with Crippen molar-refractivity contribution in [2.45, 2.75) is 17.9 Å². The highest BCUT2D eigenvalue weighted by Gasteiger charge is 2.21. The van der Waals surface area contributed by atoms with Crippen molar-refractivity contribution in [3.63, 3.8) is 0 Å². The summed E-state index contributed by atoms with van der Waals surface area (Å²) in [6, 6.07) is 6.88. The van der Waals surface area contributed by atoms with E-state index in [0.717, 1.165) is 30.7 Å². The zero-order valence-electron chi connectivity index (χ0n) is 12.4. The molecule has 1 atom stereocenters. The molecule has 0 spiro atoms. The number of nitrogens with zero attached hydrogens (tertiary/aromatic N) is 2. The minimum absolute atomic E-state index is 0.198. The van der Waals surface area contributed by atoms with Gasteiger partial charge in [-0.25, -0.2) is 13.1 Å². The minimum Gasteiger partial charge on any atom is -0.304 e. The molecule has 0 aromatic heterocycles. The van der Waals surface area contributed by atoms with E-state index >= 15 is 0 Å². The van der Waals surface area contributed by atoms with E-state index in [1.807, 2.05) is 0 Å². The maximum Gasteiger partial charge on any atom is 0.240 e. The lowest BCUT2D eigenvalue weighted by Gasteiger charge is -2.36. The number of nitrogens with one attached hydrogen (secondary N) is 1.